The highest BCUT2D eigenvalue weighted by molar-refractivity contribution is 6.30. The van der Waals surface area contributed by atoms with E-state index < -0.39 is 4.92 Å². The Bertz CT molecular complexity index is 370. The van der Waals surface area contributed by atoms with Crippen LogP contribution in [0.2, 0.25) is 5.02 Å². The normalized spacial score (nSPS) is 12.2. The second-order valence-electron chi connectivity index (χ2n) is 3.20. The fourth-order valence-corrected chi connectivity index (χ4v) is 1.27. The van der Waals surface area contributed by atoms with Crippen molar-refractivity contribution in [1.82, 2.24) is 0 Å². The van der Waals surface area contributed by atoms with E-state index in [1.165, 1.54) is 6.07 Å². The largest absolute Gasteiger partial charge is 0.376 e. The average molecular weight is 230 g/mol. The van der Waals surface area contributed by atoms with Crippen LogP contribution in [0, 0.1) is 10.1 Å². The van der Waals surface area contributed by atoms with Gasteiger partial charge in [0.15, 0.2) is 0 Å². The Morgan fingerprint density at radius 1 is 1.67 bits per heavy atom. The number of benzene rings is 1. The molecule has 6 heteroatoms. The van der Waals surface area contributed by atoms with Gasteiger partial charge in [-0.05, 0) is 19.1 Å². The number of nitrogens with two attached hydrogens (primary N) is 1. The first-order valence-electron chi connectivity index (χ1n) is 4.45. The van der Waals surface area contributed by atoms with Gasteiger partial charge in [0.2, 0.25) is 0 Å². The van der Waals surface area contributed by atoms with Crippen LogP contribution in [0.3, 0.4) is 0 Å². The van der Waals surface area contributed by atoms with Gasteiger partial charge in [0.25, 0.3) is 5.69 Å². The second kappa shape index (κ2) is 4.95. The van der Waals surface area contributed by atoms with Gasteiger partial charge in [-0.3, -0.25) is 10.1 Å². The molecule has 0 spiro atoms. The van der Waals surface area contributed by atoms with Gasteiger partial charge < -0.3 is 11.1 Å². The van der Waals surface area contributed by atoms with Crippen LogP contribution in [0.4, 0.5) is 11.4 Å². The molecule has 0 aliphatic rings. The molecule has 0 bridgehead atoms. The Morgan fingerprint density at radius 2 is 2.33 bits per heavy atom. The van der Waals surface area contributed by atoms with E-state index in [0.29, 0.717) is 17.3 Å². The van der Waals surface area contributed by atoms with Gasteiger partial charge in [0.1, 0.15) is 5.69 Å². The van der Waals surface area contributed by atoms with Crippen LogP contribution in [0.5, 0.6) is 0 Å². The van der Waals surface area contributed by atoms with Crippen LogP contribution in [-0.4, -0.2) is 17.5 Å². The van der Waals surface area contributed by atoms with Gasteiger partial charge in [-0.25, -0.2) is 0 Å². The third-order valence-electron chi connectivity index (χ3n) is 1.91. The standard InChI is InChI=1S/C9H12ClN3O2/c1-6(5-11)12-8-3-2-7(10)4-9(8)13(14)15/h2-4,6,12H,5,11H2,1H3. The molecule has 0 radical (unpaired) electrons. The van der Waals surface area contributed by atoms with Gasteiger partial charge in [0, 0.05) is 23.7 Å². The Balaban J connectivity index is 3.01. The Labute approximate surface area is 92.4 Å². The number of rotatable bonds is 4. The summed E-state index contributed by atoms with van der Waals surface area (Å²) in [6, 6.07) is 4.46. The molecule has 1 unspecified atom stereocenters. The molecule has 0 aliphatic carbocycles. The second-order valence-corrected chi connectivity index (χ2v) is 3.64. The van der Waals surface area contributed by atoms with E-state index in [1.54, 1.807) is 12.1 Å². The monoisotopic (exact) mass is 229 g/mol. The van der Waals surface area contributed by atoms with E-state index in [9.17, 15) is 10.1 Å². The molecule has 15 heavy (non-hydrogen) atoms. The minimum absolute atomic E-state index is 0.0233. The number of nitrogens with zero attached hydrogens (tertiary/aromatic N) is 1. The van der Waals surface area contributed by atoms with Crippen molar-refractivity contribution < 1.29 is 4.92 Å². The smallest absolute Gasteiger partial charge is 0.293 e. The fraction of sp³-hybridized carbons (Fsp3) is 0.333. The molecule has 0 amide bonds. The van der Waals surface area contributed by atoms with Crippen molar-refractivity contribution in [2.75, 3.05) is 11.9 Å². The molecule has 1 aromatic carbocycles. The molecule has 0 heterocycles. The molecule has 1 atom stereocenters. The topological polar surface area (TPSA) is 81.2 Å². The summed E-state index contributed by atoms with van der Waals surface area (Å²) in [4.78, 5) is 10.2. The molecule has 1 aromatic rings. The third kappa shape index (κ3) is 3.07. The summed E-state index contributed by atoms with van der Waals surface area (Å²) in [7, 11) is 0. The van der Waals surface area contributed by atoms with E-state index in [-0.39, 0.29) is 11.7 Å². The van der Waals surface area contributed by atoms with E-state index in [4.69, 9.17) is 17.3 Å². The maximum atomic E-state index is 10.7. The third-order valence-corrected chi connectivity index (χ3v) is 2.15. The molecule has 0 aromatic heterocycles. The Morgan fingerprint density at radius 3 is 2.87 bits per heavy atom. The van der Waals surface area contributed by atoms with Gasteiger partial charge in [0.05, 0.1) is 4.92 Å². The number of nitro benzene ring substituents is 1. The summed E-state index contributed by atoms with van der Waals surface area (Å²) in [5, 5.41) is 14.0. The van der Waals surface area contributed by atoms with Crippen LogP contribution < -0.4 is 11.1 Å². The molecule has 0 aliphatic heterocycles. The quantitative estimate of drug-likeness (QED) is 0.611. The van der Waals surface area contributed by atoms with Crippen molar-refractivity contribution in [2.24, 2.45) is 5.73 Å². The van der Waals surface area contributed by atoms with Gasteiger partial charge in [-0.2, -0.15) is 0 Å². The van der Waals surface area contributed by atoms with E-state index in [2.05, 4.69) is 5.32 Å². The summed E-state index contributed by atoms with van der Waals surface area (Å²) >= 11 is 5.67. The molecule has 0 fully saturated rings. The highest BCUT2D eigenvalue weighted by atomic mass is 35.5. The molecular weight excluding hydrogens is 218 g/mol. The first kappa shape index (κ1) is 11.7. The van der Waals surface area contributed by atoms with Crippen LogP contribution >= 0.6 is 11.6 Å². The summed E-state index contributed by atoms with van der Waals surface area (Å²) in [5.74, 6) is 0. The highest BCUT2D eigenvalue weighted by Crippen LogP contribution is 2.27. The van der Waals surface area contributed by atoms with E-state index in [0.717, 1.165) is 0 Å². The van der Waals surface area contributed by atoms with Crippen LogP contribution in [0.1, 0.15) is 6.92 Å². The average Bonchev–Trinajstić information content (AvgIpc) is 2.20. The molecule has 0 saturated heterocycles. The highest BCUT2D eigenvalue weighted by Gasteiger charge is 2.15. The maximum Gasteiger partial charge on any atom is 0.293 e. The minimum Gasteiger partial charge on any atom is -0.376 e. The number of hydrogen-bond donors (Lipinski definition) is 2. The Kier molecular flexibility index (Phi) is 3.88. The number of anilines is 1. The number of nitrogens with one attached hydrogen (secondary N) is 1. The zero-order valence-corrected chi connectivity index (χ0v) is 8.99. The number of hydrogen-bond acceptors (Lipinski definition) is 4. The first-order valence-corrected chi connectivity index (χ1v) is 4.83. The van der Waals surface area contributed by atoms with Crippen LogP contribution in [0.25, 0.3) is 0 Å². The van der Waals surface area contributed by atoms with Gasteiger partial charge in [-0.15, -0.1) is 0 Å². The van der Waals surface area contributed by atoms with E-state index in [1.807, 2.05) is 6.92 Å². The molecule has 1 rings (SSSR count). The Hall–Kier alpha value is -1.33. The van der Waals surface area contributed by atoms with Crippen molar-refractivity contribution in [3.8, 4) is 0 Å². The lowest BCUT2D eigenvalue weighted by Gasteiger charge is -2.12. The molecule has 5 nitrogen and oxygen atoms in total. The van der Waals surface area contributed by atoms with Crippen molar-refractivity contribution in [2.45, 2.75) is 13.0 Å². The molecular formula is C9H12ClN3O2. The first-order chi connectivity index (χ1) is 7.04. The summed E-state index contributed by atoms with van der Waals surface area (Å²) in [6.07, 6.45) is 0. The zero-order valence-electron chi connectivity index (χ0n) is 8.24. The van der Waals surface area contributed by atoms with E-state index >= 15 is 0 Å². The van der Waals surface area contributed by atoms with Crippen molar-refractivity contribution >= 4 is 23.0 Å². The van der Waals surface area contributed by atoms with Gasteiger partial charge in [-0.1, -0.05) is 11.6 Å². The lowest BCUT2D eigenvalue weighted by Crippen LogP contribution is -2.25. The maximum absolute atomic E-state index is 10.7. The number of halogens is 1. The minimum atomic E-state index is -0.475. The van der Waals surface area contributed by atoms with Crippen molar-refractivity contribution in [3.63, 3.8) is 0 Å². The lowest BCUT2D eigenvalue weighted by atomic mass is 10.2. The van der Waals surface area contributed by atoms with Crippen molar-refractivity contribution in [3.05, 3.63) is 33.3 Å². The fourth-order valence-electron chi connectivity index (χ4n) is 1.10. The lowest BCUT2D eigenvalue weighted by molar-refractivity contribution is -0.384. The zero-order chi connectivity index (χ0) is 11.4. The van der Waals surface area contributed by atoms with Crippen LogP contribution in [0.15, 0.2) is 18.2 Å². The van der Waals surface area contributed by atoms with Gasteiger partial charge >= 0.3 is 0 Å². The van der Waals surface area contributed by atoms with Crippen LogP contribution in [-0.2, 0) is 0 Å². The molecule has 0 saturated carbocycles. The number of nitro groups is 1. The molecule has 82 valence electrons. The predicted molar refractivity (Wildman–Crippen MR) is 60.2 cm³/mol. The predicted octanol–water partition coefficient (Wildman–Crippen LogP) is 2.01. The summed E-state index contributed by atoms with van der Waals surface area (Å²) < 4.78 is 0. The SMILES string of the molecule is CC(CN)Nc1ccc(Cl)cc1[N+](=O)[O-]. The molecule has 3 N–H and O–H groups in total. The van der Waals surface area contributed by atoms with Crippen molar-refractivity contribution in [1.29, 1.82) is 0 Å². The summed E-state index contributed by atoms with van der Waals surface area (Å²) in [5.41, 5.74) is 5.81. The summed E-state index contributed by atoms with van der Waals surface area (Å²) in [6.45, 7) is 2.25.